The van der Waals surface area contributed by atoms with Crippen LogP contribution in [0.15, 0.2) is 70.0 Å². The first kappa shape index (κ1) is 25.8. The Balaban J connectivity index is 1.56. The number of nitrogens with zero attached hydrogens (tertiary/aromatic N) is 2. The monoisotopic (exact) mass is 582 g/mol. The van der Waals surface area contributed by atoms with Gasteiger partial charge in [0.15, 0.2) is 11.5 Å². The Labute approximate surface area is 226 Å². The number of carbonyl (C=O) groups is 2. The highest BCUT2D eigenvalue weighted by molar-refractivity contribution is 9.10. The largest absolute Gasteiger partial charge is 0.490 e. The maximum atomic E-state index is 13.0. The number of ether oxygens (including phenoxy) is 2. The van der Waals surface area contributed by atoms with E-state index in [2.05, 4.69) is 22.0 Å². The van der Waals surface area contributed by atoms with Gasteiger partial charge in [-0.15, -0.1) is 0 Å². The predicted octanol–water partition coefficient (Wildman–Crippen LogP) is 7.19. The lowest BCUT2D eigenvalue weighted by Gasteiger charge is -2.15. The summed E-state index contributed by atoms with van der Waals surface area (Å²) in [6.45, 7) is 2.62. The number of amides is 2. The average molecular weight is 584 g/mol. The van der Waals surface area contributed by atoms with Crippen LogP contribution in [-0.4, -0.2) is 22.7 Å². The molecule has 3 aromatic rings. The molecule has 1 aliphatic heterocycles. The van der Waals surface area contributed by atoms with E-state index in [4.69, 9.17) is 21.1 Å². The lowest BCUT2D eigenvalue weighted by Crippen LogP contribution is -2.27. The van der Waals surface area contributed by atoms with Crippen LogP contribution in [0.25, 0.3) is 6.08 Å². The fourth-order valence-electron chi connectivity index (χ4n) is 3.54. The standard InChI is InChI=1S/C27H20BrClN2O4S/c1-2-34-23-12-18(11-22(28)25(23)35-16-20-6-4-3-5-19(20)14-30)13-24-26(32)31(27(33)36-24)15-17-7-9-21(29)10-8-17/h3-13H,2,15-16H2,1H3/b24-13-. The Morgan fingerprint density at radius 3 is 2.58 bits per heavy atom. The molecule has 4 rings (SSSR count). The highest BCUT2D eigenvalue weighted by atomic mass is 79.9. The second-order valence-electron chi connectivity index (χ2n) is 7.71. The minimum absolute atomic E-state index is 0.171. The lowest BCUT2D eigenvalue weighted by molar-refractivity contribution is -0.123. The molecule has 0 N–H and O–H groups in total. The summed E-state index contributed by atoms with van der Waals surface area (Å²) < 4.78 is 12.4. The molecule has 6 nitrogen and oxygen atoms in total. The van der Waals surface area contributed by atoms with Gasteiger partial charge in [0.1, 0.15) is 6.61 Å². The first-order valence-electron chi connectivity index (χ1n) is 11.0. The summed E-state index contributed by atoms with van der Waals surface area (Å²) in [5.74, 6) is 0.605. The third-order valence-electron chi connectivity index (χ3n) is 5.27. The molecule has 0 aliphatic carbocycles. The van der Waals surface area contributed by atoms with Crippen molar-refractivity contribution in [1.29, 1.82) is 5.26 Å². The van der Waals surface area contributed by atoms with Crippen LogP contribution in [-0.2, 0) is 17.9 Å². The fourth-order valence-corrected chi connectivity index (χ4v) is 5.08. The number of imide groups is 1. The molecule has 0 bridgehead atoms. The van der Waals surface area contributed by atoms with Crippen molar-refractivity contribution in [2.75, 3.05) is 6.61 Å². The Kier molecular flexibility index (Phi) is 8.36. The topological polar surface area (TPSA) is 79.6 Å². The third-order valence-corrected chi connectivity index (χ3v) is 7.02. The molecule has 0 atom stereocenters. The summed E-state index contributed by atoms with van der Waals surface area (Å²) in [6.07, 6.45) is 1.66. The van der Waals surface area contributed by atoms with Crippen molar-refractivity contribution in [1.82, 2.24) is 4.90 Å². The van der Waals surface area contributed by atoms with E-state index in [9.17, 15) is 14.9 Å². The second-order valence-corrected chi connectivity index (χ2v) is 10.00. The van der Waals surface area contributed by atoms with Gasteiger partial charge in [-0.25, -0.2) is 0 Å². The fraction of sp³-hybridized carbons (Fsp3) is 0.148. The van der Waals surface area contributed by atoms with Gasteiger partial charge in [0.25, 0.3) is 11.1 Å². The predicted molar refractivity (Wildman–Crippen MR) is 144 cm³/mol. The van der Waals surface area contributed by atoms with Crippen molar-refractivity contribution in [2.45, 2.75) is 20.1 Å². The number of hydrogen-bond acceptors (Lipinski definition) is 6. The van der Waals surface area contributed by atoms with Crippen LogP contribution >= 0.6 is 39.3 Å². The van der Waals surface area contributed by atoms with Crippen LogP contribution in [0.3, 0.4) is 0 Å². The summed E-state index contributed by atoms with van der Waals surface area (Å²) in [6, 6.07) is 20.0. The van der Waals surface area contributed by atoms with Crippen molar-refractivity contribution in [3.63, 3.8) is 0 Å². The molecule has 2 amide bonds. The third kappa shape index (κ3) is 5.93. The van der Waals surface area contributed by atoms with Crippen LogP contribution in [0.1, 0.15) is 29.2 Å². The van der Waals surface area contributed by atoms with Crippen molar-refractivity contribution in [3.8, 4) is 17.6 Å². The van der Waals surface area contributed by atoms with Gasteiger partial charge in [-0.3, -0.25) is 14.5 Å². The molecular formula is C27H20BrClN2O4S. The number of carbonyl (C=O) groups excluding carboxylic acids is 2. The molecule has 182 valence electrons. The Hall–Kier alpha value is -3.25. The van der Waals surface area contributed by atoms with E-state index >= 15 is 0 Å². The van der Waals surface area contributed by atoms with Crippen LogP contribution in [0, 0.1) is 11.3 Å². The van der Waals surface area contributed by atoms with Crippen molar-refractivity contribution in [3.05, 3.63) is 97.3 Å². The molecule has 0 aromatic heterocycles. The molecule has 0 radical (unpaired) electrons. The molecular weight excluding hydrogens is 564 g/mol. The molecule has 1 saturated heterocycles. The Morgan fingerprint density at radius 2 is 1.86 bits per heavy atom. The molecule has 1 aliphatic rings. The van der Waals surface area contributed by atoms with Crippen LogP contribution in [0.5, 0.6) is 11.5 Å². The maximum absolute atomic E-state index is 13.0. The quantitative estimate of drug-likeness (QED) is 0.261. The maximum Gasteiger partial charge on any atom is 0.293 e. The van der Waals surface area contributed by atoms with E-state index in [-0.39, 0.29) is 24.3 Å². The first-order chi connectivity index (χ1) is 17.4. The van der Waals surface area contributed by atoms with Crippen molar-refractivity contribution >= 4 is 56.5 Å². The van der Waals surface area contributed by atoms with Gasteiger partial charge in [-0.2, -0.15) is 5.26 Å². The van der Waals surface area contributed by atoms with Gasteiger partial charge in [0.2, 0.25) is 0 Å². The highest BCUT2D eigenvalue weighted by Crippen LogP contribution is 2.40. The van der Waals surface area contributed by atoms with Gasteiger partial charge in [0.05, 0.1) is 34.2 Å². The lowest BCUT2D eigenvalue weighted by atomic mass is 10.1. The number of halogens is 2. The molecule has 1 fully saturated rings. The Morgan fingerprint density at radius 1 is 1.11 bits per heavy atom. The zero-order valence-corrected chi connectivity index (χ0v) is 22.3. The number of thioether (sulfide) groups is 1. The van der Waals surface area contributed by atoms with E-state index in [0.717, 1.165) is 22.9 Å². The number of hydrogen-bond donors (Lipinski definition) is 0. The number of benzene rings is 3. The van der Waals surface area contributed by atoms with E-state index in [0.29, 0.717) is 43.6 Å². The van der Waals surface area contributed by atoms with Gasteiger partial charge in [0, 0.05) is 10.6 Å². The molecule has 9 heteroatoms. The molecule has 0 unspecified atom stereocenters. The summed E-state index contributed by atoms with van der Waals surface area (Å²) in [7, 11) is 0. The molecule has 0 spiro atoms. The van der Waals surface area contributed by atoms with Gasteiger partial charge < -0.3 is 9.47 Å². The average Bonchev–Trinajstić information content (AvgIpc) is 3.12. The van der Waals surface area contributed by atoms with Gasteiger partial charge >= 0.3 is 0 Å². The molecule has 0 saturated carbocycles. The van der Waals surface area contributed by atoms with Crippen molar-refractivity contribution in [2.24, 2.45) is 0 Å². The minimum Gasteiger partial charge on any atom is -0.490 e. The first-order valence-corrected chi connectivity index (χ1v) is 12.9. The van der Waals surface area contributed by atoms with Gasteiger partial charge in [-0.05, 0) is 82.2 Å². The summed E-state index contributed by atoms with van der Waals surface area (Å²) in [4.78, 5) is 27.0. The second kappa shape index (κ2) is 11.7. The van der Waals surface area contributed by atoms with Crippen LogP contribution in [0.4, 0.5) is 4.79 Å². The summed E-state index contributed by atoms with van der Waals surface area (Å²) in [5.41, 5.74) is 2.78. The zero-order valence-electron chi connectivity index (χ0n) is 19.2. The SMILES string of the molecule is CCOc1cc(/C=C2\SC(=O)N(Cc3ccc(Cl)cc3)C2=O)cc(Br)c1OCc1ccccc1C#N. The molecule has 1 heterocycles. The Bertz CT molecular complexity index is 1390. The van der Waals surface area contributed by atoms with Gasteiger partial charge in [-0.1, -0.05) is 41.9 Å². The van der Waals surface area contributed by atoms with Crippen molar-refractivity contribution < 1.29 is 19.1 Å². The highest BCUT2D eigenvalue weighted by Gasteiger charge is 2.35. The van der Waals surface area contributed by atoms with E-state index in [1.54, 1.807) is 54.6 Å². The zero-order chi connectivity index (χ0) is 25.7. The summed E-state index contributed by atoms with van der Waals surface area (Å²) >= 11 is 10.4. The summed E-state index contributed by atoms with van der Waals surface area (Å²) in [5, 5.41) is 9.58. The molecule has 3 aromatic carbocycles. The van der Waals surface area contributed by atoms with Crippen LogP contribution in [0.2, 0.25) is 5.02 Å². The minimum atomic E-state index is -0.359. The smallest absolute Gasteiger partial charge is 0.293 e. The number of nitriles is 1. The van der Waals surface area contributed by atoms with E-state index in [1.165, 1.54) is 4.90 Å². The van der Waals surface area contributed by atoms with E-state index in [1.807, 2.05) is 19.1 Å². The van der Waals surface area contributed by atoms with E-state index < -0.39 is 0 Å². The normalized spacial score (nSPS) is 14.3. The number of rotatable bonds is 8. The van der Waals surface area contributed by atoms with Crippen LogP contribution < -0.4 is 9.47 Å². The molecule has 36 heavy (non-hydrogen) atoms.